The summed E-state index contributed by atoms with van der Waals surface area (Å²) in [4.78, 5) is 2.55. The summed E-state index contributed by atoms with van der Waals surface area (Å²) in [5, 5.41) is 0. The van der Waals surface area contributed by atoms with Crippen molar-refractivity contribution in [3.05, 3.63) is 209 Å². The van der Waals surface area contributed by atoms with Crippen LogP contribution in [0.1, 0.15) is 93.2 Å². The van der Waals surface area contributed by atoms with Gasteiger partial charge >= 0.3 is 0 Å². The quantitative estimate of drug-likeness (QED) is 0.168. The molecule has 0 amide bonds. The molecule has 12 rings (SSSR count). The molecular formula is C60H51N. The van der Waals surface area contributed by atoms with E-state index in [-0.39, 0.29) is 16.2 Å². The number of nitrogens with zero attached hydrogens (tertiary/aromatic N) is 1. The lowest BCUT2D eigenvalue weighted by molar-refractivity contribution is 0.353. The van der Waals surface area contributed by atoms with Gasteiger partial charge in [-0.1, -0.05) is 186 Å². The molecule has 0 bridgehead atoms. The zero-order chi connectivity index (χ0) is 41.1. The van der Waals surface area contributed by atoms with Crippen LogP contribution in [0.2, 0.25) is 0 Å². The lowest BCUT2D eigenvalue weighted by Crippen LogP contribution is -2.28. The molecule has 4 aliphatic rings. The van der Waals surface area contributed by atoms with Crippen molar-refractivity contribution in [2.75, 3.05) is 4.90 Å². The maximum atomic E-state index is 2.55. The lowest BCUT2D eigenvalue weighted by atomic mass is 9.68. The number of hydrogen-bond acceptors (Lipinski definition) is 1. The summed E-state index contributed by atoms with van der Waals surface area (Å²) < 4.78 is 0. The number of rotatable bonds is 5. The molecule has 4 aliphatic carbocycles. The van der Waals surface area contributed by atoms with Gasteiger partial charge in [0, 0.05) is 33.2 Å². The topological polar surface area (TPSA) is 3.24 Å². The van der Waals surface area contributed by atoms with E-state index in [9.17, 15) is 0 Å². The third-order valence-corrected chi connectivity index (χ3v) is 15.3. The van der Waals surface area contributed by atoms with Gasteiger partial charge in [-0.05, 0) is 133 Å². The first-order chi connectivity index (χ1) is 29.8. The zero-order valence-electron chi connectivity index (χ0n) is 35.7. The minimum absolute atomic E-state index is 0.0252. The van der Waals surface area contributed by atoms with Crippen LogP contribution in [0, 0.1) is 0 Å². The van der Waals surface area contributed by atoms with Crippen molar-refractivity contribution in [3.8, 4) is 55.6 Å². The number of hydrogen-bond donors (Lipinski definition) is 0. The van der Waals surface area contributed by atoms with Crippen LogP contribution in [0.25, 0.3) is 55.6 Å². The molecular weight excluding hydrogens is 735 g/mol. The molecule has 0 aliphatic heterocycles. The van der Waals surface area contributed by atoms with E-state index in [1.54, 1.807) is 0 Å². The smallest absolute Gasteiger partial charge is 0.0540 e. The van der Waals surface area contributed by atoms with Crippen molar-refractivity contribution in [1.29, 1.82) is 0 Å². The van der Waals surface area contributed by atoms with Crippen LogP contribution < -0.4 is 4.90 Å². The number of para-hydroxylation sites is 1. The minimum Gasteiger partial charge on any atom is -0.310 e. The molecule has 0 atom stereocenters. The summed E-state index contributed by atoms with van der Waals surface area (Å²) in [5.74, 6) is 0. The van der Waals surface area contributed by atoms with E-state index in [4.69, 9.17) is 0 Å². The Kier molecular flexibility index (Phi) is 7.93. The Labute approximate surface area is 361 Å². The molecule has 0 heterocycles. The molecule has 1 heteroatoms. The number of fused-ring (bicyclic) bond motifs is 11. The van der Waals surface area contributed by atoms with Crippen LogP contribution in [0.3, 0.4) is 0 Å². The predicted molar refractivity (Wildman–Crippen MR) is 256 cm³/mol. The van der Waals surface area contributed by atoms with E-state index in [1.807, 2.05) is 0 Å². The number of anilines is 3. The first-order valence-corrected chi connectivity index (χ1v) is 22.5. The highest BCUT2D eigenvalue weighted by molar-refractivity contribution is 5.99. The van der Waals surface area contributed by atoms with Crippen molar-refractivity contribution in [3.63, 3.8) is 0 Å². The van der Waals surface area contributed by atoms with Gasteiger partial charge in [-0.25, -0.2) is 0 Å². The third-order valence-electron chi connectivity index (χ3n) is 15.3. The summed E-state index contributed by atoms with van der Waals surface area (Å²) in [7, 11) is 0. The van der Waals surface area contributed by atoms with Crippen molar-refractivity contribution in [2.24, 2.45) is 0 Å². The van der Waals surface area contributed by atoms with Gasteiger partial charge in [0.2, 0.25) is 0 Å². The van der Waals surface area contributed by atoms with Crippen LogP contribution in [-0.2, 0) is 16.2 Å². The Balaban J connectivity index is 1.07. The van der Waals surface area contributed by atoms with Gasteiger partial charge in [0.25, 0.3) is 0 Å². The Morgan fingerprint density at radius 2 is 0.852 bits per heavy atom. The largest absolute Gasteiger partial charge is 0.310 e. The summed E-state index contributed by atoms with van der Waals surface area (Å²) >= 11 is 0. The summed E-state index contributed by atoms with van der Waals surface area (Å²) in [6.07, 6.45) is 6.36. The normalized spacial score (nSPS) is 16.6. The molecule has 8 aromatic carbocycles. The summed E-state index contributed by atoms with van der Waals surface area (Å²) in [6.45, 7) is 9.48. The van der Waals surface area contributed by atoms with Crippen LogP contribution >= 0.6 is 0 Å². The Hall–Kier alpha value is -6.44. The maximum absolute atomic E-state index is 2.55. The summed E-state index contributed by atoms with van der Waals surface area (Å²) in [6, 6.07) is 67.2. The molecule has 61 heavy (non-hydrogen) atoms. The lowest BCUT2D eigenvalue weighted by Gasteiger charge is -2.36. The Morgan fingerprint density at radius 3 is 1.64 bits per heavy atom. The monoisotopic (exact) mass is 785 g/mol. The molecule has 0 radical (unpaired) electrons. The molecule has 0 unspecified atom stereocenters. The van der Waals surface area contributed by atoms with E-state index in [0.29, 0.717) is 0 Å². The summed E-state index contributed by atoms with van der Waals surface area (Å²) in [5.41, 5.74) is 25.3. The molecule has 0 N–H and O–H groups in total. The minimum atomic E-state index is -0.0844. The average molecular weight is 786 g/mol. The van der Waals surface area contributed by atoms with E-state index < -0.39 is 0 Å². The molecule has 0 aromatic heterocycles. The molecule has 1 fully saturated rings. The fourth-order valence-electron chi connectivity index (χ4n) is 12.3. The Morgan fingerprint density at radius 1 is 0.344 bits per heavy atom. The van der Waals surface area contributed by atoms with Crippen molar-refractivity contribution in [2.45, 2.75) is 76.0 Å². The predicted octanol–water partition coefficient (Wildman–Crippen LogP) is 16.3. The SMILES string of the molecule is CC1(C)c2ccccc2-c2cc(-c3cccc(N(c4ccc5c(c4)-c4ccccc4C54CCCCC4)c4ccccc4-c4cccc5c4-c4ccccc4C5(C)C)c3)ccc21. The molecule has 1 nitrogen and oxygen atoms in total. The van der Waals surface area contributed by atoms with Gasteiger partial charge in [0.05, 0.1) is 5.69 Å². The van der Waals surface area contributed by atoms with Gasteiger partial charge in [0.1, 0.15) is 0 Å². The highest BCUT2D eigenvalue weighted by Gasteiger charge is 2.44. The molecule has 1 saturated carbocycles. The average Bonchev–Trinajstić information content (AvgIpc) is 3.80. The fourth-order valence-corrected chi connectivity index (χ4v) is 12.3. The second-order valence-corrected chi connectivity index (χ2v) is 19.2. The molecule has 1 spiro atoms. The van der Waals surface area contributed by atoms with Crippen molar-refractivity contribution in [1.82, 2.24) is 0 Å². The van der Waals surface area contributed by atoms with Crippen LogP contribution in [-0.4, -0.2) is 0 Å². The second kappa shape index (κ2) is 13.3. The van der Waals surface area contributed by atoms with Gasteiger partial charge in [-0.2, -0.15) is 0 Å². The van der Waals surface area contributed by atoms with Gasteiger partial charge in [-0.3, -0.25) is 0 Å². The maximum Gasteiger partial charge on any atom is 0.0540 e. The first-order valence-electron chi connectivity index (χ1n) is 22.5. The van der Waals surface area contributed by atoms with Crippen molar-refractivity contribution < 1.29 is 0 Å². The Bertz CT molecular complexity index is 3080. The van der Waals surface area contributed by atoms with E-state index in [2.05, 4.69) is 209 Å². The van der Waals surface area contributed by atoms with E-state index in [0.717, 1.165) is 5.69 Å². The third kappa shape index (κ3) is 5.19. The van der Waals surface area contributed by atoms with E-state index >= 15 is 0 Å². The van der Waals surface area contributed by atoms with Crippen molar-refractivity contribution >= 4 is 17.1 Å². The molecule has 296 valence electrons. The molecule has 8 aromatic rings. The fraction of sp³-hybridized carbons (Fsp3) is 0.200. The van der Waals surface area contributed by atoms with Gasteiger partial charge in [-0.15, -0.1) is 0 Å². The van der Waals surface area contributed by atoms with Crippen LogP contribution in [0.4, 0.5) is 17.1 Å². The highest BCUT2D eigenvalue weighted by Crippen LogP contribution is 2.58. The van der Waals surface area contributed by atoms with Crippen LogP contribution in [0.15, 0.2) is 176 Å². The van der Waals surface area contributed by atoms with E-state index in [1.165, 1.54) is 132 Å². The van der Waals surface area contributed by atoms with Gasteiger partial charge < -0.3 is 4.90 Å². The zero-order valence-corrected chi connectivity index (χ0v) is 35.7. The van der Waals surface area contributed by atoms with Crippen LogP contribution in [0.5, 0.6) is 0 Å². The highest BCUT2D eigenvalue weighted by atomic mass is 15.1. The van der Waals surface area contributed by atoms with Gasteiger partial charge in [0.15, 0.2) is 0 Å². The number of benzene rings is 8. The first kappa shape index (κ1) is 36.4. The standard InChI is InChI=1S/C60H51N/c1-58(2)50-25-10-6-20-43(50)48-37-40(30-32-52(48)58)39-18-16-19-41(36-39)61(42-31-33-54-49(38-42)44-21-7-12-27-53(44)60(54)34-14-5-15-35-60)56-29-13-9-22-45(56)46-24-17-28-55-57(46)47-23-8-11-26-51(47)59(55,3)4/h6-13,16-33,36-38H,5,14-15,34-35H2,1-4H3. The second-order valence-electron chi connectivity index (χ2n) is 19.2. The molecule has 0 saturated heterocycles.